The van der Waals surface area contributed by atoms with Gasteiger partial charge < -0.3 is 15.8 Å². The fraction of sp³-hybridized carbons (Fsp3) is 0.278. The number of carbonyl (C=O) groups is 1. The van der Waals surface area contributed by atoms with E-state index in [1.165, 1.54) is 12.1 Å². The summed E-state index contributed by atoms with van der Waals surface area (Å²) in [6, 6.07) is 4.54. The van der Waals surface area contributed by atoms with Crippen LogP contribution in [0.3, 0.4) is 0 Å². The first-order valence-electron chi connectivity index (χ1n) is 8.60. The highest BCUT2D eigenvalue weighted by Gasteiger charge is 2.70. The van der Waals surface area contributed by atoms with Crippen LogP contribution >= 0.6 is 0 Å². The van der Waals surface area contributed by atoms with E-state index in [0.717, 1.165) is 12.3 Å². The highest BCUT2D eigenvalue weighted by atomic mass is 19.4. The second kappa shape index (κ2) is 7.66. The van der Waals surface area contributed by atoms with Crippen LogP contribution in [0.15, 0.2) is 35.5 Å². The molecule has 0 aromatic carbocycles. The maximum Gasteiger partial charge on any atom is 0.431 e. The van der Waals surface area contributed by atoms with Crippen molar-refractivity contribution in [2.75, 3.05) is 5.32 Å². The van der Waals surface area contributed by atoms with Crippen molar-refractivity contribution in [2.24, 2.45) is 10.7 Å². The smallest absolute Gasteiger partial charge is 0.431 e. The molecule has 1 aliphatic heterocycles. The molecule has 1 unspecified atom stereocenters. The number of pyridine rings is 2. The van der Waals surface area contributed by atoms with E-state index in [0.29, 0.717) is 13.0 Å². The molecule has 1 aliphatic rings. The molecule has 2 atom stereocenters. The van der Waals surface area contributed by atoms with Gasteiger partial charge in [0.25, 0.3) is 18.0 Å². The van der Waals surface area contributed by atoms with Gasteiger partial charge in [-0.3, -0.25) is 4.79 Å². The Labute approximate surface area is 175 Å². The summed E-state index contributed by atoms with van der Waals surface area (Å²) in [6.07, 6.45) is -8.18. The second-order valence-corrected chi connectivity index (χ2v) is 6.71. The number of hydrogen-bond acceptors (Lipinski definition) is 7. The van der Waals surface area contributed by atoms with Gasteiger partial charge in [-0.05, 0) is 31.2 Å². The molecule has 0 saturated heterocycles. The van der Waals surface area contributed by atoms with Gasteiger partial charge in [-0.1, -0.05) is 0 Å². The summed E-state index contributed by atoms with van der Waals surface area (Å²) in [7, 11) is 0. The summed E-state index contributed by atoms with van der Waals surface area (Å²) in [5.74, 6) is -7.61. The number of nitrogens with one attached hydrogen (secondary N) is 1. The number of ether oxygens (including phenoxy) is 1. The molecule has 32 heavy (non-hydrogen) atoms. The first-order valence-corrected chi connectivity index (χ1v) is 8.60. The third-order valence-electron chi connectivity index (χ3n) is 4.52. The van der Waals surface area contributed by atoms with Gasteiger partial charge in [-0.2, -0.15) is 27.2 Å². The molecule has 3 heterocycles. The summed E-state index contributed by atoms with van der Waals surface area (Å²) in [4.78, 5) is 22.8. The lowest BCUT2D eigenvalue weighted by molar-refractivity contribution is -0.288. The Hall–Kier alpha value is -3.89. The lowest BCUT2D eigenvalue weighted by atomic mass is 9.85. The van der Waals surface area contributed by atoms with Gasteiger partial charge in [-0.15, -0.1) is 0 Å². The van der Waals surface area contributed by atoms with E-state index in [2.05, 4.69) is 25.0 Å². The first kappa shape index (κ1) is 22.8. The molecule has 14 heteroatoms. The summed E-state index contributed by atoms with van der Waals surface area (Å²) in [5, 5.41) is 10.9. The Kier molecular flexibility index (Phi) is 5.46. The number of amidine groups is 1. The van der Waals surface area contributed by atoms with Crippen LogP contribution in [0.4, 0.5) is 32.2 Å². The van der Waals surface area contributed by atoms with Crippen molar-refractivity contribution in [3.63, 3.8) is 0 Å². The van der Waals surface area contributed by atoms with Crippen LogP contribution in [0.25, 0.3) is 0 Å². The first-order chi connectivity index (χ1) is 14.8. The lowest BCUT2D eigenvalue weighted by Crippen LogP contribution is -2.62. The van der Waals surface area contributed by atoms with E-state index in [4.69, 9.17) is 11.0 Å². The van der Waals surface area contributed by atoms with Gasteiger partial charge in [0.05, 0.1) is 5.56 Å². The SMILES string of the molecule is C[C@]1(c2nc(NC(=O)c3ccc(C#N)cn3)ccc2F)N=C(N)OC(C(F)(F)F)C1(F)F. The molecule has 8 nitrogen and oxygen atoms in total. The molecule has 3 rings (SSSR count). The number of aromatic nitrogens is 2. The fourth-order valence-electron chi connectivity index (χ4n) is 2.88. The number of halogens is 6. The molecule has 168 valence electrons. The largest absolute Gasteiger partial charge is 0.446 e. The topological polar surface area (TPSA) is 126 Å². The number of nitrogens with two attached hydrogens (primary N) is 1. The predicted molar refractivity (Wildman–Crippen MR) is 95.9 cm³/mol. The third-order valence-corrected chi connectivity index (χ3v) is 4.52. The minimum absolute atomic E-state index is 0.160. The summed E-state index contributed by atoms with van der Waals surface area (Å²) in [6.45, 7) is 0.514. The molecule has 0 fully saturated rings. The number of alkyl halides is 5. The zero-order chi connectivity index (χ0) is 23.9. The van der Waals surface area contributed by atoms with Crippen LogP contribution in [0.5, 0.6) is 0 Å². The normalized spacial score (nSPS) is 22.3. The molecule has 2 aromatic heterocycles. The lowest BCUT2D eigenvalue weighted by Gasteiger charge is -2.42. The second-order valence-electron chi connectivity index (χ2n) is 6.71. The molecule has 0 saturated carbocycles. The van der Waals surface area contributed by atoms with E-state index >= 15 is 0 Å². The van der Waals surface area contributed by atoms with Crippen molar-refractivity contribution in [2.45, 2.75) is 30.7 Å². The van der Waals surface area contributed by atoms with Crippen LogP contribution in [0, 0.1) is 17.1 Å². The van der Waals surface area contributed by atoms with Crippen LogP contribution in [-0.4, -0.2) is 40.1 Å². The molecule has 0 bridgehead atoms. The number of nitriles is 1. The van der Waals surface area contributed by atoms with Crippen molar-refractivity contribution < 1.29 is 35.9 Å². The third kappa shape index (κ3) is 3.88. The van der Waals surface area contributed by atoms with Gasteiger partial charge >= 0.3 is 12.1 Å². The summed E-state index contributed by atoms with van der Waals surface area (Å²) in [5.41, 5.74) is 0.717. The van der Waals surface area contributed by atoms with E-state index in [-0.39, 0.29) is 11.3 Å². The number of rotatable bonds is 3. The standard InChI is InChI=1S/C18H12F6N6O2/c1-16(17(20,21)14(18(22,23)24)32-15(26)30-16)12-9(19)3-5-11(28-12)29-13(31)10-4-2-8(6-25)7-27-10/h2-5,7,14H,1H3,(H2,26,30)(H,28,29,31)/t14?,16-/m1/s1. The number of hydrogen-bond donors (Lipinski definition) is 2. The average molecular weight is 458 g/mol. The van der Waals surface area contributed by atoms with Crippen molar-refractivity contribution >= 4 is 17.7 Å². The molecule has 0 aliphatic carbocycles. The van der Waals surface area contributed by atoms with Crippen LogP contribution in [-0.2, 0) is 10.3 Å². The highest BCUT2D eigenvalue weighted by molar-refractivity contribution is 6.02. The Morgan fingerprint density at radius 2 is 1.97 bits per heavy atom. The summed E-state index contributed by atoms with van der Waals surface area (Å²) >= 11 is 0. The minimum Gasteiger partial charge on any atom is -0.446 e. The van der Waals surface area contributed by atoms with E-state index < -0.39 is 53.0 Å². The number of carbonyl (C=O) groups excluding carboxylic acids is 1. The highest BCUT2D eigenvalue weighted by Crippen LogP contribution is 2.50. The maximum atomic E-state index is 14.8. The molecule has 0 radical (unpaired) electrons. The van der Waals surface area contributed by atoms with Crippen LogP contribution in [0.1, 0.15) is 28.7 Å². The van der Waals surface area contributed by atoms with Gasteiger partial charge in [0, 0.05) is 6.20 Å². The maximum absolute atomic E-state index is 14.8. The van der Waals surface area contributed by atoms with Gasteiger partial charge in [0.15, 0.2) is 5.54 Å². The molecule has 0 spiro atoms. The van der Waals surface area contributed by atoms with Crippen molar-refractivity contribution in [3.05, 3.63) is 53.2 Å². The number of aliphatic imine (C=N–C) groups is 1. The zero-order valence-corrected chi connectivity index (χ0v) is 15.9. The van der Waals surface area contributed by atoms with Gasteiger partial charge in [0.1, 0.15) is 29.1 Å². The minimum atomic E-state index is -5.56. The Bertz CT molecular complexity index is 1130. The number of anilines is 1. The Morgan fingerprint density at radius 3 is 2.53 bits per heavy atom. The Balaban J connectivity index is 2.01. The van der Waals surface area contributed by atoms with Crippen molar-refractivity contribution in [3.8, 4) is 6.07 Å². The molecule has 1 amide bonds. The number of amides is 1. The van der Waals surface area contributed by atoms with E-state index in [1.807, 2.05) is 0 Å². The zero-order valence-electron chi connectivity index (χ0n) is 15.9. The fourth-order valence-corrected chi connectivity index (χ4v) is 2.88. The van der Waals surface area contributed by atoms with Crippen molar-refractivity contribution in [1.82, 2.24) is 9.97 Å². The van der Waals surface area contributed by atoms with Crippen molar-refractivity contribution in [1.29, 1.82) is 5.26 Å². The monoisotopic (exact) mass is 458 g/mol. The quantitative estimate of drug-likeness (QED) is 0.682. The van der Waals surface area contributed by atoms with Gasteiger partial charge in [0.2, 0.25) is 0 Å². The molecular formula is C18H12F6N6O2. The van der Waals surface area contributed by atoms with Crippen LogP contribution < -0.4 is 11.1 Å². The summed E-state index contributed by atoms with van der Waals surface area (Å²) < 4.78 is 87.6. The number of nitrogens with zero attached hydrogens (tertiary/aromatic N) is 4. The predicted octanol–water partition coefficient (Wildman–Crippen LogP) is 2.87. The van der Waals surface area contributed by atoms with Gasteiger partial charge in [-0.25, -0.2) is 19.4 Å². The van der Waals surface area contributed by atoms with E-state index in [1.54, 1.807) is 6.07 Å². The molecule has 3 N–H and O–H groups in total. The van der Waals surface area contributed by atoms with E-state index in [9.17, 15) is 31.1 Å². The van der Waals surface area contributed by atoms with Crippen LogP contribution in [0.2, 0.25) is 0 Å². The average Bonchev–Trinajstić information content (AvgIpc) is 2.71. The molecular weight excluding hydrogens is 446 g/mol. The Morgan fingerprint density at radius 1 is 1.28 bits per heavy atom. The molecule has 2 aromatic rings.